The van der Waals surface area contributed by atoms with Crippen LogP contribution in [0.3, 0.4) is 0 Å². The molecule has 0 aromatic heterocycles. The number of ether oxygens (including phenoxy) is 1. The zero-order valence-electron chi connectivity index (χ0n) is 7.32. The van der Waals surface area contributed by atoms with Crippen LogP contribution in [0.15, 0.2) is 0 Å². The van der Waals surface area contributed by atoms with Gasteiger partial charge in [-0.05, 0) is 13.3 Å². The Morgan fingerprint density at radius 2 is 1.73 bits per heavy atom. The average Bonchev–Trinajstić information content (AvgIpc) is 2.04. The van der Waals surface area contributed by atoms with Crippen LogP contribution < -0.4 is 0 Å². The molecule has 0 fully saturated rings. The van der Waals surface area contributed by atoms with E-state index in [0.29, 0.717) is 6.42 Å². The fourth-order valence-electron chi connectivity index (χ4n) is 0.0745. The minimum Gasteiger partial charge on any atom is -0.394 e. The second-order valence-electron chi connectivity index (χ2n) is 2.12. The molecule has 1 unspecified atom stereocenters. The Morgan fingerprint density at radius 3 is 1.73 bits per heavy atom. The summed E-state index contributed by atoms with van der Waals surface area (Å²) in [6.07, 6.45) is -0.708. The third-order valence-corrected chi connectivity index (χ3v) is 1.02. The summed E-state index contributed by atoms with van der Waals surface area (Å²) in [7, 11) is 1.57. The van der Waals surface area contributed by atoms with Gasteiger partial charge in [-0.25, -0.2) is 0 Å². The van der Waals surface area contributed by atoms with Gasteiger partial charge in [-0.3, -0.25) is 0 Å². The van der Waals surface area contributed by atoms with Crippen LogP contribution in [0.5, 0.6) is 0 Å². The molecule has 0 bridgehead atoms. The Kier molecular flexibility index (Phi) is 12.0. The van der Waals surface area contributed by atoms with E-state index in [4.69, 9.17) is 15.3 Å². The van der Waals surface area contributed by atoms with Crippen molar-refractivity contribution >= 4 is 0 Å². The molecule has 0 rings (SSSR count). The maximum atomic E-state index is 8.21. The van der Waals surface area contributed by atoms with Gasteiger partial charge >= 0.3 is 0 Å². The first-order chi connectivity index (χ1) is 5.08. The largest absolute Gasteiger partial charge is 0.394 e. The normalized spacial score (nSPS) is 12.3. The third kappa shape index (κ3) is 17.7. The van der Waals surface area contributed by atoms with Crippen LogP contribution in [0.2, 0.25) is 0 Å². The first-order valence-corrected chi connectivity index (χ1v) is 3.58. The van der Waals surface area contributed by atoms with Crippen LogP contribution in [-0.2, 0) is 4.74 Å². The van der Waals surface area contributed by atoms with E-state index in [1.165, 1.54) is 0 Å². The molecule has 3 N–H and O–H groups in total. The Morgan fingerprint density at radius 1 is 1.36 bits per heavy atom. The van der Waals surface area contributed by atoms with Gasteiger partial charge in [0.25, 0.3) is 0 Å². The van der Waals surface area contributed by atoms with Gasteiger partial charge in [0, 0.05) is 7.11 Å². The van der Waals surface area contributed by atoms with Crippen molar-refractivity contribution in [2.24, 2.45) is 0 Å². The van der Waals surface area contributed by atoms with Crippen LogP contribution in [0, 0.1) is 0 Å². The van der Waals surface area contributed by atoms with Gasteiger partial charge in [0.15, 0.2) is 6.29 Å². The predicted molar refractivity (Wildman–Crippen MR) is 42.1 cm³/mol. The molecule has 0 aliphatic carbocycles. The van der Waals surface area contributed by atoms with Crippen molar-refractivity contribution in [2.75, 3.05) is 13.7 Å². The number of aliphatic hydroxyl groups is 3. The first-order valence-electron chi connectivity index (χ1n) is 3.58. The number of hydrogen-bond donors (Lipinski definition) is 3. The molecule has 0 spiro atoms. The van der Waals surface area contributed by atoms with Gasteiger partial charge in [-0.15, -0.1) is 0 Å². The Bertz CT molecular complexity index is 61.5. The minimum absolute atomic E-state index is 0.00926. The minimum atomic E-state index is -1.12. The molecule has 0 aliphatic heterocycles. The van der Waals surface area contributed by atoms with E-state index in [9.17, 15) is 0 Å². The van der Waals surface area contributed by atoms with Gasteiger partial charge in [-0.1, -0.05) is 6.92 Å². The Balaban J connectivity index is 0. The van der Waals surface area contributed by atoms with Crippen molar-refractivity contribution in [2.45, 2.75) is 32.7 Å². The number of rotatable bonds is 3. The molecule has 0 heterocycles. The lowest BCUT2D eigenvalue weighted by Gasteiger charge is -2.00. The molecule has 0 aromatic carbocycles. The monoisotopic (exact) mass is 166 g/mol. The lowest BCUT2D eigenvalue weighted by molar-refractivity contribution is -0.0413. The molecule has 0 aromatic rings. The summed E-state index contributed by atoms with van der Waals surface area (Å²) in [4.78, 5) is 0. The SMILES string of the molecule is CCC(O)O.COC(C)CO. The van der Waals surface area contributed by atoms with E-state index in [2.05, 4.69) is 4.74 Å². The number of aliphatic hydroxyl groups excluding tert-OH is 2. The standard InChI is InChI=1S/C4H10O2.C3H8O2/c1-4(3-5)6-2;1-2-3(4)5/h4-5H,3H2,1-2H3;3-5H,2H2,1H3. The predicted octanol–water partition coefficient (Wildman–Crippen LogP) is -0.279. The molecule has 0 aliphatic rings. The zero-order chi connectivity index (χ0) is 9.28. The topological polar surface area (TPSA) is 69.9 Å². The van der Waals surface area contributed by atoms with E-state index in [0.717, 1.165) is 0 Å². The van der Waals surface area contributed by atoms with Gasteiger partial charge in [0.2, 0.25) is 0 Å². The van der Waals surface area contributed by atoms with E-state index >= 15 is 0 Å². The average molecular weight is 166 g/mol. The number of hydrogen-bond acceptors (Lipinski definition) is 4. The summed E-state index contributed by atoms with van der Waals surface area (Å²) in [6, 6.07) is 0. The summed E-state index contributed by atoms with van der Waals surface area (Å²) < 4.78 is 4.65. The van der Waals surface area contributed by atoms with Gasteiger partial charge < -0.3 is 20.1 Å². The molecular formula is C7H18O4. The molecule has 0 radical (unpaired) electrons. The van der Waals surface area contributed by atoms with E-state index < -0.39 is 6.29 Å². The summed E-state index contributed by atoms with van der Waals surface area (Å²) >= 11 is 0. The fraction of sp³-hybridized carbons (Fsp3) is 1.00. The van der Waals surface area contributed by atoms with Gasteiger partial charge in [-0.2, -0.15) is 0 Å². The Hall–Kier alpha value is -0.160. The van der Waals surface area contributed by atoms with E-state index in [-0.39, 0.29) is 12.7 Å². The molecule has 11 heavy (non-hydrogen) atoms. The van der Waals surface area contributed by atoms with Crippen LogP contribution >= 0.6 is 0 Å². The lowest BCUT2D eigenvalue weighted by atomic mass is 10.4. The molecule has 1 atom stereocenters. The van der Waals surface area contributed by atoms with Gasteiger partial charge in [0.1, 0.15) is 0 Å². The fourth-order valence-corrected chi connectivity index (χ4v) is 0.0745. The third-order valence-electron chi connectivity index (χ3n) is 1.02. The molecule has 4 heteroatoms. The number of methoxy groups -OCH3 is 1. The van der Waals surface area contributed by atoms with Crippen molar-refractivity contribution in [1.82, 2.24) is 0 Å². The quantitative estimate of drug-likeness (QED) is 0.504. The molecular weight excluding hydrogens is 148 g/mol. The van der Waals surface area contributed by atoms with Crippen molar-refractivity contribution in [3.05, 3.63) is 0 Å². The van der Waals surface area contributed by atoms with E-state index in [1.807, 2.05) is 0 Å². The highest BCUT2D eigenvalue weighted by atomic mass is 16.5. The van der Waals surface area contributed by atoms with Crippen molar-refractivity contribution in [3.8, 4) is 0 Å². The van der Waals surface area contributed by atoms with E-state index in [1.54, 1.807) is 21.0 Å². The molecule has 0 saturated heterocycles. The van der Waals surface area contributed by atoms with Crippen molar-refractivity contribution in [1.29, 1.82) is 0 Å². The smallest absolute Gasteiger partial charge is 0.151 e. The molecule has 0 amide bonds. The Labute approximate surface area is 67.4 Å². The maximum absolute atomic E-state index is 8.21. The second-order valence-corrected chi connectivity index (χ2v) is 2.12. The highest BCUT2D eigenvalue weighted by Gasteiger charge is 1.90. The van der Waals surface area contributed by atoms with Crippen molar-refractivity contribution < 1.29 is 20.1 Å². The van der Waals surface area contributed by atoms with Crippen LogP contribution in [0.4, 0.5) is 0 Å². The summed E-state index contributed by atoms with van der Waals surface area (Å²) in [5.41, 5.74) is 0. The molecule has 0 saturated carbocycles. The van der Waals surface area contributed by atoms with Crippen LogP contribution in [-0.4, -0.2) is 41.4 Å². The first kappa shape index (κ1) is 13.4. The maximum Gasteiger partial charge on any atom is 0.151 e. The second kappa shape index (κ2) is 9.84. The highest BCUT2D eigenvalue weighted by Crippen LogP contribution is 1.80. The lowest BCUT2D eigenvalue weighted by Crippen LogP contribution is -2.08. The highest BCUT2D eigenvalue weighted by molar-refractivity contribution is 4.38. The summed E-state index contributed by atoms with van der Waals surface area (Å²) in [5, 5.41) is 24.0. The van der Waals surface area contributed by atoms with Crippen LogP contribution in [0.25, 0.3) is 0 Å². The van der Waals surface area contributed by atoms with Crippen LogP contribution in [0.1, 0.15) is 20.3 Å². The molecule has 70 valence electrons. The summed E-state index contributed by atoms with van der Waals surface area (Å²) in [6.45, 7) is 3.61. The zero-order valence-corrected chi connectivity index (χ0v) is 7.32. The molecule has 4 nitrogen and oxygen atoms in total. The van der Waals surface area contributed by atoms with Crippen molar-refractivity contribution in [3.63, 3.8) is 0 Å². The van der Waals surface area contributed by atoms with Gasteiger partial charge in [0.05, 0.1) is 12.7 Å². The summed E-state index contributed by atoms with van der Waals surface area (Å²) in [5.74, 6) is 0.